The maximum atomic E-state index is 5.69. The molecule has 3 nitrogen and oxygen atoms in total. The number of thiazole rings is 1. The molecule has 0 aliphatic rings. The molecule has 0 spiro atoms. The van der Waals surface area contributed by atoms with Crippen LogP contribution in [0.3, 0.4) is 0 Å². The molecule has 4 heteroatoms. The number of hydrogen-bond acceptors (Lipinski definition) is 4. The number of rotatable bonds is 7. The van der Waals surface area contributed by atoms with Crippen LogP contribution in [-0.2, 0) is 11.3 Å². The summed E-state index contributed by atoms with van der Waals surface area (Å²) < 4.78 is 5.69. The maximum Gasteiger partial charge on any atom is 0.122 e. The molecule has 0 saturated heterocycles. The van der Waals surface area contributed by atoms with Crippen molar-refractivity contribution in [3.63, 3.8) is 0 Å². The van der Waals surface area contributed by atoms with E-state index in [1.807, 2.05) is 13.0 Å². The van der Waals surface area contributed by atoms with Crippen LogP contribution < -0.4 is 5.32 Å². The monoisotopic (exact) mass is 304 g/mol. The summed E-state index contributed by atoms with van der Waals surface area (Å²) in [5.41, 5.74) is 2.34. The lowest BCUT2D eigenvalue weighted by Gasteiger charge is -2.08. The SMILES string of the molecule is CCOC(C)c1nc(CNC(C)C)c(-c2ccccc2)s1. The second-order valence-electron chi connectivity index (χ2n) is 5.33. The minimum atomic E-state index is 0.0512. The molecule has 1 aromatic carbocycles. The number of ether oxygens (including phenoxy) is 1. The van der Waals surface area contributed by atoms with Gasteiger partial charge in [-0.25, -0.2) is 4.98 Å². The molecule has 1 heterocycles. The fraction of sp³-hybridized carbons (Fsp3) is 0.471. The van der Waals surface area contributed by atoms with Gasteiger partial charge in [-0.3, -0.25) is 0 Å². The van der Waals surface area contributed by atoms with Crippen molar-refractivity contribution >= 4 is 11.3 Å². The summed E-state index contributed by atoms with van der Waals surface area (Å²) in [7, 11) is 0. The highest BCUT2D eigenvalue weighted by Gasteiger charge is 2.17. The van der Waals surface area contributed by atoms with E-state index in [0.717, 1.165) is 17.2 Å². The molecule has 1 unspecified atom stereocenters. The van der Waals surface area contributed by atoms with Gasteiger partial charge in [0, 0.05) is 19.2 Å². The van der Waals surface area contributed by atoms with Crippen molar-refractivity contribution < 1.29 is 4.74 Å². The highest BCUT2D eigenvalue weighted by Crippen LogP contribution is 2.34. The summed E-state index contributed by atoms with van der Waals surface area (Å²) in [6.45, 7) is 9.88. The van der Waals surface area contributed by atoms with Gasteiger partial charge < -0.3 is 10.1 Å². The average molecular weight is 304 g/mol. The molecule has 21 heavy (non-hydrogen) atoms. The van der Waals surface area contributed by atoms with Crippen LogP contribution in [0.15, 0.2) is 30.3 Å². The third-order valence-corrected chi connectivity index (χ3v) is 4.50. The molecule has 0 aliphatic heterocycles. The first kappa shape index (κ1) is 16.1. The Balaban J connectivity index is 2.31. The number of aromatic nitrogens is 1. The minimum absolute atomic E-state index is 0.0512. The quantitative estimate of drug-likeness (QED) is 0.823. The minimum Gasteiger partial charge on any atom is -0.372 e. The number of hydrogen-bond donors (Lipinski definition) is 1. The molecule has 1 atom stereocenters. The van der Waals surface area contributed by atoms with Crippen LogP contribution in [0.2, 0.25) is 0 Å². The van der Waals surface area contributed by atoms with Crippen molar-refractivity contribution in [2.45, 2.75) is 46.4 Å². The van der Waals surface area contributed by atoms with Gasteiger partial charge in [0.25, 0.3) is 0 Å². The van der Waals surface area contributed by atoms with E-state index >= 15 is 0 Å². The van der Waals surface area contributed by atoms with Gasteiger partial charge in [-0.15, -0.1) is 11.3 Å². The van der Waals surface area contributed by atoms with Crippen LogP contribution >= 0.6 is 11.3 Å². The predicted octanol–water partition coefficient (Wildman–Crippen LogP) is 4.41. The molecule has 0 amide bonds. The van der Waals surface area contributed by atoms with Gasteiger partial charge in [0.2, 0.25) is 0 Å². The molecule has 0 bridgehead atoms. The first-order chi connectivity index (χ1) is 10.1. The molecule has 0 fully saturated rings. The Kier molecular flexibility index (Phi) is 5.91. The summed E-state index contributed by atoms with van der Waals surface area (Å²) in [6, 6.07) is 10.9. The molecule has 114 valence electrons. The molecule has 0 radical (unpaired) electrons. The molecule has 1 N–H and O–H groups in total. The lowest BCUT2D eigenvalue weighted by molar-refractivity contribution is 0.0761. The lowest BCUT2D eigenvalue weighted by Crippen LogP contribution is -2.22. The first-order valence-electron chi connectivity index (χ1n) is 7.51. The third-order valence-electron chi connectivity index (χ3n) is 3.19. The Bertz CT molecular complexity index is 551. The van der Waals surface area contributed by atoms with E-state index in [-0.39, 0.29) is 6.10 Å². The van der Waals surface area contributed by atoms with Gasteiger partial charge in [-0.1, -0.05) is 44.2 Å². The fourth-order valence-corrected chi connectivity index (χ4v) is 3.19. The standard InChI is InChI=1S/C17H24N2OS/c1-5-20-13(4)17-19-15(11-18-12(2)3)16(21-17)14-9-7-6-8-10-14/h6-10,12-13,18H,5,11H2,1-4H3. The van der Waals surface area contributed by atoms with E-state index in [0.29, 0.717) is 12.6 Å². The van der Waals surface area contributed by atoms with Crippen LogP contribution in [-0.4, -0.2) is 17.6 Å². The van der Waals surface area contributed by atoms with Crippen LogP contribution in [0.25, 0.3) is 10.4 Å². The molecule has 0 saturated carbocycles. The van der Waals surface area contributed by atoms with E-state index < -0.39 is 0 Å². The Labute approximate surface area is 131 Å². The zero-order chi connectivity index (χ0) is 15.2. The highest BCUT2D eigenvalue weighted by molar-refractivity contribution is 7.15. The van der Waals surface area contributed by atoms with Crippen molar-refractivity contribution in [1.82, 2.24) is 10.3 Å². The van der Waals surface area contributed by atoms with Crippen LogP contribution in [0.5, 0.6) is 0 Å². The van der Waals surface area contributed by atoms with Crippen molar-refractivity contribution in [1.29, 1.82) is 0 Å². The Morgan fingerprint density at radius 2 is 1.90 bits per heavy atom. The Hall–Kier alpha value is -1.23. The smallest absolute Gasteiger partial charge is 0.122 e. The zero-order valence-corrected chi connectivity index (χ0v) is 14.0. The molecular formula is C17H24N2OS. The predicted molar refractivity (Wildman–Crippen MR) is 89.6 cm³/mol. The van der Waals surface area contributed by atoms with Crippen LogP contribution in [0.1, 0.15) is 44.5 Å². The van der Waals surface area contributed by atoms with Crippen LogP contribution in [0, 0.1) is 0 Å². The van der Waals surface area contributed by atoms with Crippen molar-refractivity contribution in [2.75, 3.05) is 6.61 Å². The Morgan fingerprint density at radius 1 is 1.19 bits per heavy atom. The van der Waals surface area contributed by atoms with Crippen LogP contribution in [0.4, 0.5) is 0 Å². The van der Waals surface area contributed by atoms with Gasteiger partial charge >= 0.3 is 0 Å². The van der Waals surface area contributed by atoms with E-state index in [9.17, 15) is 0 Å². The number of nitrogens with zero attached hydrogens (tertiary/aromatic N) is 1. The largest absolute Gasteiger partial charge is 0.372 e. The number of benzene rings is 1. The molecule has 2 rings (SSSR count). The molecule has 1 aromatic heterocycles. The van der Waals surface area contributed by atoms with Crippen molar-refractivity contribution in [3.8, 4) is 10.4 Å². The first-order valence-corrected chi connectivity index (χ1v) is 8.33. The van der Waals surface area contributed by atoms with E-state index in [2.05, 4.69) is 50.4 Å². The van der Waals surface area contributed by atoms with Crippen molar-refractivity contribution in [3.05, 3.63) is 41.0 Å². The van der Waals surface area contributed by atoms with Gasteiger partial charge in [-0.2, -0.15) is 0 Å². The topological polar surface area (TPSA) is 34.1 Å². The Morgan fingerprint density at radius 3 is 2.52 bits per heavy atom. The number of nitrogens with one attached hydrogen (secondary N) is 1. The van der Waals surface area contributed by atoms with Gasteiger partial charge in [0.05, 0.1) is 10.6 Å². The summed E-state index contributed by atoms with van der Waals surface area (Å²) in [6.07, 6.45) is 0.0512. The fourth-order valence-electron chi connectivity index (χ4n) is 2.10. The molecule has 2 aromatic rings. The maximum absolute atomic E-state index is 5.69. The summed E-state index contributed by atoms with van der Waals surface area (Å²) in [4.78, 5) is 6.05. The van der Waals surface area contributed by atoms with E-state index in [4.69, 9.17) is 9.72 Å². The third kappa shape index (κ3) is 4.37. The normalized spacial score (nSPS) is 12.8. The van der Waals surface area contributed by atoms with E-state index in [1.54, 1.807) is 11.3 Å². The van der Waals surface area contributed by atoms with Gasteiger partial charge in [0.1, 0.15) is 11.1 Å². The highest BCUT2D eigenvalue weighted by atomic mass is 32.1. The lowest BCUT2D eigenvalue weighted by atomic mass is 10.1. The van der Waals surface area contributed by atoms with Gasteiger partial charge in [-0.05, 0) is 19.4 Å². The van der Waals surface area contributed by atoms with E-state index in [1.165, 1.54) is 10.4 Å². The summed E-state index contributed by atoms with van der Waals surface area (Å²) in [5.74, 6) is 0. The zero-order valence-electron chi connectivity index (χ0n) is 13.2. The second kappa shape index (κ2) is 7.69. The summed E-state index contributed by atoms with van der Waals surface area (Å²) >= 11 is 1.74. The van der Waals surface area contributed by atoms with Crippen molar-refractivity contribution in [2.24, 2.45) is 0 Å². The molecular weight excluding hydrogens is 280 g/mol. The molecule has 0 aliphatic carbocycles. The average Bonchev–Trinajstić information content (AvgIpc) is 2.90. The summed E-state index contributed by atoms with van der Waals surface area (Å²) in [5, 5.41) is 4.51. The second-order valence-corrected chi connectivity index (χ2v) is 6.36. The van der Waals surface area contributed by atoms with Gasteiger partial charge in [0.15, 0.2) is 0 Å².